The molecule has 152 valence electrons. The summed E-state index contributed by atoms with van der Waals surface area (Å²) in [5.74, 6) is 1.74. The average molecular weight is 393 g/mol. The van der Waals surface area contributed by atoms with Crippen LogP contribution < -0.4 is 9.64 Å². The van der Waals surface area contributed by atoms with Crippen molar-refractivity contribution in [2.45, 2.75) is 38.7 Å². The molecule has 1 fully saturated rings. The monoisotopic (exact) mass is 393 g/mol. The first-order valence-electron chi connectivity index (χ1n) is 10.1. The fourth-order valence-electron chi connectivity index (χ4n) is 4.07. The summed E-state index contributed by atoms with van der Waals surface area (Å²) in [5, 5.41) is 1.22. The summed E-state index contributed by atoms with van der Waals surface area (Å²) >= 11 is 0. The zero-order valence-corrected chi connectivity index (χ0v) is 17.1. The fraction of sp³-hybridized carbons (Fsp3) is 0.391. The number of hydrogen-bond acceptors (Lipinski definition) is 5. The van der Waals surface area contributed by atoms with Gasteiger partial charge in [-0.25, -0.2) is 9.78 Å². The van der Waals surface area contributed by atoms with Crippen molar-refractivity contribution in [3.8, 4) is 5.75 Å². The molecule has 0 radical (unpaired) electrons. The summed E-state index contributed by atoms with van der Waals surface area (Å²) in [6.45, 7) is 5.41. The van der Waals surface area contributed by atoms with Crippen LogP contribution in [0.5, 0.6) is 5.75 Å². The van der Waals surface area contributed by atoms with Gasteiger partial charge in [0.1, 0.15) is 17.1 Å². The van der Waals surface area contributed by atoms with Gasteiger partial charge in [0.2, 0.25) is 0 Å². The highest BCUT2D eigenvalue weighted by molar-refractivity contribution is 5.95. The van der Waals surface area contributed by atoms with Crippen LogP contribution in [0.3, 0.4) is 0 Å². The van der Waals surface area contributed by atoms with Gasteiger partial charge in [-0.15, -0.1) is 0 Å². The van der Waals surface area contributed by atoms with Crippen LogP contribution >= 0.6 is 0 Å². The first kappa shape index (κ1) is 19.3. The van der Waals surface area contributed by atoms with E-state index in [1.54, 1.807) is 25.4 Å². The van der Waals surface area contributed by atoms with E-state index in [1.807, 2.05) is 19.9 Å². The normalized spacial score (nSPS) is 15.1. The predicted molar refractivity (Wildman–Crippen MR) is 114 cm³/mol. The van der Waals surface area contributed by atoms with E-state index in [9.17, 15) is 4.79 Å². The number of anilines is 1. The van der Waals surface area contributed by atoms with Gasteiger partial charge in [-0.05, 0) is 68.5 Å². The molecule has 4 rings (SSSR count). The Morgan fingerprint density at radius 1 is 1.24 bits per heavy atom. The Morgan fingerprint density at radius 2 is 2.03 bits per heavy atom. The van der Waals surface area contributed by atoms with Crippen LogP contribution in [0.15, 0.2) is 42.7 Å². The third-order valence-corrected chi connectivity index (χ3v) is 5.50. The van der Waals surface area contributed by atoms with Crippen LogP contribution in [-0.2, 0) is 4.74 Å². The SMILES string of the molecule is COc1ccc2[nH]cc(C3CCN(c4ncccc4C(=O)OC(C)C)CC3)c2c1. The molecule has 6 nitrogen and oxygen atoms in total. The molecule has 29 heavy (non-hydrogen) atoms. The van der Waals surface area contributed by atoms with Gasteiger partial charge >= 0.3 is 5.97 Å². The number of ether oxygens (including phenoxy) is 2. The molecule has 0 saturated carbocycles. The third-order valence-electron chi connectivity index (χ3n) is 5.50. The van der Waals surface area contributed by atoms with Crippen LogP contribution in [0.25, 0.3) is 10.9 Å². The second-order valence-electron chi connectivity index (χ2n) is 7.75. The van der Waals surface area contributed by atoms with Crippen molar-refractivity contribution in [3.05, 3.63) is 53.9 Å². The number of rotatable bonds is 5. The molecule has 0 atom stereocenters. The average Bonchev–Trinajstić information content (AvgIpc) is 3.16. The van der Waals surface area contributed by atoms with E-state index in [0.29, 0.717) is 11.5 Å². The summed E-state index contributed by atoms with van der Waals surface area (Å²) in [6, 6.07) is 9.72. The lowest BCUT2D eigenvalue weighted by Gasteiger charge is -2.33. The molecule has 1 aliphatic heterocycles. The van der Waals surface area contributed by atoms with E-state index < -0.39 is 0 Å². The maximum absolute atomic E-state index is 12.5. The Labute approximate surface area is 170 Å². The van der Waals surface area contributed by atoms with Gasteiger partial charge in [-0.2, -0.15) is 0 Å². The number of nitrogens with zero attached hydrogens (tertiary/aromatic N) is 2. The number of aromatic amines is 1. The third kappa shape index (κ3) is 3.92. The highest BCUT2D eigenvalue weighted by atomic mass is 16.5. The molecular weight excluding hydrogens is 366 g/mol. The van der Waals surface area contributed by atoms with Crippen LogP contribution in [-0.4, -0.2) is 42.2 Å². The number of hydrogen-bond donors (Lipinski definition) is 1. The molecule has 1 N–H and O–H groups in total. The van der Waals surface area contributed by atoms with Crippen LogP contribution in [0, 0.1) is 0 Å². The van der Waals surface area contributed by atoms with E-state index in [-0.39, 0.29) is 12.1 Å². The Bertz CT molecular complexity index is 1000. The topological polar surface area (TPSA) is 67.5 Å². The smallest absolute Gasteiger partial charge is 0.342 e. The second kappa shape index (κ2) is 8.15. The lowest BCUT2D eigenvalue weighted by atomic mass is 9.89. The van der Waals surface area contributed by atoms with Crippen molar-refractivity contribution in [2.24, 2.45) is 0 Å². The number of piperidine rings is 1. The summed E-state index contributed by atoms with van der Waals surface area (Å²) in [6.07, 6.45) is 5.70. The second-order valence-corrected chi connectivity index (χ2v) is 7.75. The Balaban J connectivity index is 1.52. The molecule has 1 aromatic carbocycles. The van der Waals surface area contributed by atoms with Crippen molar-refractivity contribution in [1.82, 2.24) is 9.97 Å². The molecule has 2 aromatic heterocycles. The lowest BCUT2D eigenvalue weighted by molar-refractivity contribution is 0.0378. The van der Waals surface area contributed by atoms with E-state index in [1.165, 1.54) is 10.9 Å². The summed E-state index contributed by atoms with van der Waals surface area (Å²) in [4.78, 5) is 22.5. The number of carbonyl (C=O) groups excluding carboxylic acids is 1. The van der Waals surface area contributed by atoms with Crippen molar-refractivity contribution in [2.75, 3.05) is 25.1 Å². The minimum atomic E-state index is -0.311. The zero-order chi connectivity index (χ0) is 20.4. The molecule has 6 heteroatoms. The number of pyridine rings is 1. The van der Waals surface area contributed by atoms with E-state index in [2.05, 4.69) is 33.2 Å². The Morgan fingerprint density at radius 3 is 2.76 bits per heavy atom. The van der Waals surface area contributed by atoms with Gasteiger partial charge in [0.05, 0.1) is 13.2 Å². The van der Waals surface area contributed by atoms with E-state index >= 15 is 0 Å². The van der Waals surface area contributed by atoms with Gasteiger partial charge in [0.25, 0.3) is 0 Å². The maximum atomic E-state index is 12.5. The van der Waals surface area contributed by atoms with Crippen molar-refractivity contribution < 1.29 is 14.3 Å². The summed E-state index contributed by atoms with van der Waals surface area (Å²) < 4.78 is 10.8. The fourth-order valence-corrected chi connectivity index (χ4v) is 4.07. The molecule has 0 aliphatic carbocycles. The van der Waals surface area contributed by atoms with Gasteiger partial charge in [0, 0.05) is 36.4 Å². The summed E-state index contributed by atoms with van der Waals surface area (Å²) in [7, 11) is 1.70. The highest BCUT2D eigenvalue weighted by Gasteiger charge is 2.26. The van der Waals surface area contributed by atoms with Crippen molar-refractivity contribution in [3.63, 3.8) is 0 Å². The molecule has 0 amide bonds. The van der Waals surface area contributed by atoms with Gasteiger partial charge < -0.3 is 19.4 Å². The van der Waals surface area contributed by atoms with Crippen molar-refractivity contribution >= 4 is 22.7 Å². The van der Waals surface area contributed by atoms with Crippen LogP contribution in [0.4, 0.5) is 5.82 Å². The molecule has 0 spiro atoms. The largest absolute Gasteiger partial charge is 0.497 e. The standard InChI is InChI=1S/C23H27N3O3/c1-15(2)29-23(27)18-5-4-10-24-22(18)26-11-8-16(9-12-26)20-14-25-21-7-6-17(28-3)13-19(20)21/h4-7,10,13-16,25H,8-9,11-12H2,1-3H3. The zero-order valence-electron chi connectivity index (χ0n) is 17.1. The number of esters is 1. The first-order chi connectivity index (χ1) is 14.1. The molecule has 3 aromatic rings. The number of methoxy groups -OCH3 is 1. The molecule has 1 aliphatic rings. The number of fused-ring (bicyclic) bond motifs is 1. The van der Waals surface area contributed by atoms with Crippen LogP contribution in [0.1, 0.15) is 48.5 Å². The predicted octanol–water partition coefficient (Wildman–Crippen LogP) is 4.52. The number of nitrogens with one attached hydrogen (secondary N) is 1. The molecular formula is C23H27N3O3. The molecule has 0 unspecified atom stereocenters. The lowest BCUT2D eigenvalue weighted by Crippen LogP contribution is -2.34. The minimum absolute atomic E-state index is 0.153. The van der Waals surface area contributed by atoms with Gasteiger partial charge in [-0.1, -0.05) is 0 Å². The Hall–Kier alpha value is -3.02. The number of H-pyrrole nitrogens is 1. The van der Waals surface area contributed by atoms with E-state index in [0.717, 1.165) is 43.0 Å². The van der Waals surface area contributed by atoms with Gasteiger partial charge in [-0.3, -0.25) is 0 Å². The highest BCUT2D eigenvalue weighted by Crippen LogP contribution is 2.36. The number of carbonyl (C=O) groups is 1. The summed E-state index contributed by atoms with van der Waals surface area (Å²) in [5.41, 5.74) is 3.00. The van der Waals surface area contributed by atoms with Crippen molar-refractivity contribution in [1.29, 1.82) is 0 Å². The minimum Gasteiger partial charge on any atom is -0.497 e. The Kier molecular flexibility index (Phi) is 5.43. The van der Waals surface area contributed by atoms with Crippen LogP contribution in [0.2, 0.25) is 0 Å². The molecule has 0 bridgehead atoms. The maximum Gasteiger partial charge on any atom is 0.342 e. The number of benzene rings is 1. The quantitative estimate of drug-likeness (QED) is 0.646. The number of aromatic nitrogens is 2. The van der Waals surface area contributed by atoms with E-state index in [4.69, 9.17) is 9.47 Å². The first-order valence-corrected chi connectivity index (χ1v) is 10.1. The van der Waals surface area contributed by atoms with Gasteiger partial charge in [0.15, 0.2) is 0 Å². The molecule has 1 saturated heterocycles. The molecule has 3 heterocycles.